The largest absolute Gasteiger partial charge is 0.474 e. The molecule has 0 saturated carbocycles. The molecule has 0 spiro atoms. The van der Waals surface area contributed by atoms with Gasteiger partial charge in [0.15, 0.2) is 0 Å². The zero-order valence-corrected chi connectivity index (χ0v) is 18.8. The molecular formula is C22H36N4O4. The smallest absolute Gasteiger partial charge is 0.410 e. The quantitative estimate of drug-likeness (QED) is 0.669. The third-order valence-electron chi connectivity index (χ3n) is 5.66. The zero-order chi connectivity index (χ0) is 21.5. The Hall–Kier alpha value is -2.09. The molecule has 30 heavy (non-hydrogen) atoms. The van der Waals surface area contributed by atoms with Crippen molar-refractivity contribution >= 4 is 6.09 Å². The molecule has 1 aromatic heterocycles. The highest BCUT2D eigenvalue weighted by Crippen LogP contribution is 2.28. The van der Waals surface area contributed by atoms with E-state index in [1.165, 1.54) is 12.7 Å². The Morgan fingerprint density at radius 2 is 1.57 bits per heavy atom. The van der Waals surface area contributed by atoms with Crippen molar-refractivity contribution in [3.05, 3.63) is 11.9 Å². The van der Waals surface area contributed by atoms with Crippen LogP contribution in [0.15, 0.2) is 6.33 Å². The van der Waals surface area contributed by atoms with Crippen molar-refractivity contribution in [1.29, 1.82) is 0 Å². The Morgan fingerprint density at radius 1 is 1.03 bits per heavy atom. The Kier molecular flexibility index (Phi) is 8.13. The number of hydrogen-bond donors (Lipinski definition) is 0. The molecule has 2 saturated heterocycles. The summed E-state index contributed by atoms with van der Waals surface area (Å²) < 4.78 is 17.6. The summed E-state index contributed by atoms with van der Waals surface area (Å²) in [7, 11) is 0. The van der Waals surface area contributed by atoms with Crippen LogP contribution in [0.2, 0.25) is 0 Å². The van der Waals surface area contributed by atoms with Crippen LogP contribution < -0.4 is 9.47 Å². The van der Waals surface area contributed by atoms with E-state index in [4.69, 9.17) is 14.2 Å². The van der Waals surface area contributed by atoms with Crippen LogP contribution in [0.25, 0.3) is 0 Å². The number of hydrogen-bond acceptors (Lipinski definition) is 7. The number of ether oxygens (including phenoxy) is 3. The topological polar surface area (TPSA) is 77.0 Å². The first-order valence-electron chi connectivity index (χ1n) is 11.3. The molecule has 8 heteroatoms. The van der Waals surface area contributed by atoms with Gasteiger partial charge >= 0.3 is 6.09 Å². The first kappa shape index (κ1) is 22.6. The Bertz CT molecular complexity index is 684. The average Bonchev–Trinajstić information content (AvgIpc) is 2.72. The lowest BCUT2D eigenvalue weighted by Gasteiger charge is -2.32. The van der Waals surface area contributed by atoms with E-state index in [-0.39, 0.29) is 24.4 Å². The van der Waals surface area contributed by atoms with Crippen LogP contribution in [0.5, 0.6) is 11.8 Å². The summed E-state index contributed by atoms with van der Waals surface area (Å²) in [5.74, 6) is 1.19. The molecule has 0 atom stereocenters. The predicted molar refractivity (Wildman–Crippen MR) is 114 cm³/mol. The Labute approximate surface area is 179 Å². The fourth-order valence-electron chi connectivity index (χ4n) is 3.97. The molecule has 2 aliphatic rings. The molecule has 1 aromatic rings. The lowest BCUT2D eigenvalue weighted by Crippen LogP contribution is -2.42. The summed E-state index contributed by atoms with van der Waals surface area (Å²) >= 11 is 0. The first-order valence-corrected chi connectivity index (χ1v) is 11.3. The fraction of sp³-hybridized carbons (Fsp3) is 0.773. The minimum atomic E-state index is -0.248. The van der Waals surface area contributed by atoms with Gasteiger partial charge < -0.3 is 24.0 Å². The number of aromatic nitrogens is 2. The van der Waals surface area contributed by atoms with Crippen LogP contribution in [0, 0.1) is 6.92 Å². The van der Waals surface area contributed by atoms with Gasteiger partial charge in [-0.3, -0.25) is 0 Å². The SMILES string of the molecule is CCCN1CCC(Oc2ncnc(OC3CCN(C(=O)OC(C)C)CC3)c2C)CC1. The maximum atomic E-state index is 12.0. The van der Waals surface area contributed by atoms with Crippen molar-refractivity contribution in [2.75, 3.05) is 32.7 Å². The third-order valence-corrected chi connectivity index (χ3v) is 5.66. The van der Waals surface area contributed by atoms with E-state index in [0.29, 0.717) is 24.8 Å². The van der Waals surface area contributed by atoms with Gasteiger partial charge in [0.1, 0.15) is 18.5 Å². The second-order valence-corrected chi connectivity index (χ2v) is 8.50. The first-order chi connectivity index (χ1) is 14.5. The number of amides is 1. The minimum Gasteiger partial charge on any atom is -0.474 e. The second-order valence-electron chi connectivity index (χ2n) is 8.50. The third kappa shape index (κ3) is 6.20. The van der Waals surface area contributed by atoms with E-state index in [1.807, 2.05) is 20.8 Å². The molecule has 3 rings (SSSR count). The second kappa shape index (κ2) is 10.8. The molecule has 8 nitrogen and oxygen atoms in total. The molecule has 1 amide bonds. The van der Waals surface area contributed by atoms with Crippen molar-refractivity contribution < 1.29 is 19.0 Å². The maximum absolute atomic E-state index is 12.0. The van der Waals surface area contributed by atoms with Crippen molar-refractivity contribution in [1.82, 2.24) is 19.8 Å². The molecule has 0 bridgehead atoms. The number of rotatable bonds is 7. The van der Waals surface area contributed by atoms with E-state index in [2.05, 4.69) is 21.8 Å². The average molecular weight is 421 g/mol. The molecule has 0 radical (unpaired) electrons. The summed E-state index contributed by atoms with van der Waals surface area (Å²) in [6.45, 7) is 12.4. The molecule has 0 aliphatic carbocycles. The van der Waals surface area contributed by atoms with Crippen LogP contribution in [0.1, 0.15) is 58.4 Å². The molecule has 2 aliphatic heterocycles. The number of carbonyl (C=O) groups excluding carboxylic acids is 1. The van der Waals surface area contributed by atoms with Crippen molar-refractivity contribution in [2.45, 2.75) is 78.1 Å². The van der Waals surface area contributed by atoms with Gasteiger partial charge in [0.2, 0.25) is 11.8 Å². The van der Waals surface area contributed by atoms with Gasteiger partial charge in [0.05, 0.1) is 11.7 Å². The van der Waals surface area contributed by atoms with Gasteiger partial charge in [-0.25, -0.2) is 14.8 Å². The van der Waals surface area contributed by atoms with E-state index < -0.39 is 0 Å². The molecule has 0 aromatic carbocycles. The summed E-state index contributed by atoms with van der Waals surface area (Å²) in [5.41, 5.74) is 0.843. The predicted octanol–water partition coefficient (Wildman–Crippen LogP) is 3.43. The van der Waals surface area contributed by atoms with Crippen molar-refractivity contribution in [3.63, 3.8) is 0 Å². The number of piperidine rings is 2. The maximum Gasteiger partial charge on any atom is 0.410 e. The van der Waals surface area contributed by atoms with Crippen LogP contribution in [-0.2, 0) is 4.74 Å². The van der Waals surface area contributed by atoms with Gasteiger partial charge in [-0.2, -0.15) is 0 Å². The minimum absolute atomic E-state index is 0.0202. The van der Waals surface area contributed by atoms with Gasteiger partial charge in [-0.1, -0.05) is 6.92 Å². The normalized spacial score (nSPS) is 19.2. The van der Waals surface area contributed by atoms with Crippen LogP contribution in [0.3, 0.4) is 0 Å². The molecule has 0 N–H and O–H groups in total. The highest BCUT2D eigenvalue weighted by atomic mass is 16.6. The van der Waals surface area contributed by atoms with Crippen LogP contribution in [-0.4, -0.2) is 76.9 Å². The van der Waals surface area contributed by atoms with Gasteiger partial charge in [-0.15, -0.1) is 0 Å². The molecule has 2 fully saturated rings. The highest BCUT2D eigenvalue weighted by molar-refractivity contribution is 5.67. The Morgan fingerprint density at radius 3 is 2.07 bits per heavy atom. The van der Waals surface area contributed by atoms with Gasteiger partial charge in [-0.05, 0) is 46.6 Å². The standard InChI is InChI=1S/C22H36N4O4/c1-5-10-25-11-6-18(7-12-25)29-20-17(4)21(24-15-23-20)30-19-8-13-26(14-9-19)22(27)28-16(2)3/h15-16,18-19H,5-14H2,1-4H3. The van der Waals surface area contributed by atoms with Gasteiger partial charge in [0.25, 0.3) is 0 Å². The van der Waals surface area contributed by atoms with E-state index in [1.54, 1.807) is 4.90 Å². The monoisotopic (exact) mass is 420 g/mol. The van der Waals surface area contributed by atoms with Gasteiger partial charge in [0, 0.05) is 39.0 Å². The molecule has 168 valence electrons. The summed E-state index contributed by atoms with van der Waals surface area (Å²) in [6.07, 6.45) is 6.10. The number of carbonyl (C=O) groups is 1. The Balaban J connectivity index is 1.50. The van der Waals surface area contributed by atoms with E-state index in [9.17, 15) is 4.79 Å². The zero-order valence-electron chi connectivity index (χ0n) is 18.8. The van der Waals surface area contributed by atoms with Crippen molar-refractivity contribution in [3.8, 4) is 11.8 Å². The summed E-state index contributed by atoms with van der Waals surface area (Å²) in [5, 5.41) is 0. The van der Waals surface area contributed by atoms with E-state index >= 15 is 0 Å². The number of nitrogens with zero attached hydrogens (tertiary/aromatic N) is 4. The summed E-state index contributed by atoms with van der Waals surface area (Å²) in [6, 6.07) is 0. The lowest BCUT2D eigenvalue weighted by molar-refractivity contribution is 0.0502. The van der Waals surface area contributed by atoms with Crippen molar-refractivity contribution in [2.24, 2.45) is 0 Å². The fourth-order valence-corrected chi connectivity index (χ4v) is 3.97. The molecule has 3 heterocycles. The van der Waals surface area contributed by atoms with Crippen LogP contribution >= 0.6 is 0 Å². The highest BCUT2D eigenvalue weighted by Gasteiger charge is 2.27. The molecular weight excluding hydrogens is 384 g/mol. The summed E-state index contributed by atoms with van der Waals surface area (Å²) in [4.78, 5) is 25.0. The number of likely N-dealkylation sites (tertiary alicyclic amines) is 2. The molecule has 0 unspecified atom stereocenters. The van der Waals surface area contributed by atoms with E-state index in [0.717, 1.165) is 50.9 Å². The lowest BCUT2D eigenvalue weighted by atomic mass is 10.1. The van der Waals surface area contributed by atoms with Crippen LogP contribution in [0.4, 0.5) is 4.79 Å².